The van der Waals surface area contributed by atoms with Crippen LogP contribution in [0.15, 0.2) is 60.7 Å². The van der Waals surface area contributed by atoms with Crippen molar-refractivity contribution in [1.82, 2.24) is 42.5 Å². The molecule has 5 unspecified atom stereocenters. The molecule has 2 aromatic carbocycles. The summed E-state index contributed by atoms with van der Waals surface area (Å²) in [5.41, 5.74) is 7.45. The van der Waals surface area contributed by atoms with Gasteiger partial charge in [0.2, 0.25) is 47.3 Å². The highest BCUT2D eigenvalue weighted by atomic mass is 16.5. The molecule has 0 heterocycles. The van der Waals surface area contributed by atoms with E-state index < -0.39 is 102 Å². The summed E-state index contributed by atoms with van der Waals surface area (Å²) in [6.45, 7) is 9.90. The van der Waals surface area contributed by atoms with Crippen LogP contribution in [0.1, 0.15) is 104 Å². The minimum atomic E-state index is -1.25. The third kappa shape index (κ3) is 26.3. The van der Waals surface area contributed by atoms with E-state index in [1.54, 1.807) is 60.7 Å². The first-order chi connectivity index (χ1) is 34.3. The second-order valence-corrected chi connectivity index (χ2v) is 18.2. The molecule has 5 atom stereocenters. The van der Waals surface area contributed by atoms with Gasteiger partial charge in [-0.25, -0.2) is 0 Å². The zero-order chi connectivity index (χ0) is 53.4. The van der Waals surface area contributed by atoms with Gasteiger partial charge in [-0.3, -0.25) is 47.9 Å². The quantitative estimate of drug-likeness (QED) is 0.0346. The Hall–Kier alpha value is -6.90. The predicted octanol–water partition coefficient (Wildman–Crippen LogP) is 0.762. The number of rotatable bonds is 34. The maximum atomic E-state index is 13.7. The maximum Gasteiger partial charge on any atom is 0.325 e. The molecular weight excluding hydrogens is 931 g/mol. The molecule has 0 aromatic heterocycles. The van der Waals surface area contributed by atoms with Gasteiger partial charge in [0.15, 0.2) is 0 Å². The normalized spacial score (nSPS) is 13.0. The van der Waals surface area contributed by atoms with Crippen molar-refractivity contribution >= 4 is 59.2 Å². The van der Waals surface area contributed by atoms with Crippen LogP contribution in [-0.4, -0.2) is 129 Å². The van der Waals surface area contributed by atoms with Crippen LogP contribution in [-0.2, 0) is 70.3 Å². The lowest BCUT2D eigenvalue weighted by atomic mass is 10.0. The summed E-state index contributed by atoms with van der Waals surface area (Å²) in [4.78, 5) is 130. The summed E-state index contributed by atoms with van der Waals surface area (Å²) in [5, 5.41) is 20.5. The fraction of sp³-hybridized carbons (Fsp3) is 0.569. The van der Waals surface area contributed by atoms with E-state index in [1.165, 1.54) is 0 Å². The van der Waals surface area contributed by atoms with Gasteiger partial charge in [-0.15, -0.1) is 0 Å². The molecule has 72 heavy (non-hydrogen) atoms. The average Bonchev–Trinajstić information content (AvgIpc) is 3.34. The fourth-order valence-corrected chi connectivity index (χ4v) is 6.87. The van der Waals surface area contributed by atoms with E-state index in [0.717, 1.165) is 12.8 Å². The lowest BCUT2D eigenvalue weighted by Crippen LogP contribution is -2.56. The SMILES string of the molecule is CCCCOC(=O)CNC(=O)C(CC(C)C)NC(=O)C(Cc1ccccc1)NC(=O)CNC(=O)CCC(N)C(=O)NCC(=O)NC(Cc1ccccc1)C(=O)NC(CC(C)C)C(=O)NCC(=O)OCCCC. The number of benzene rings is 2. The molecule has 0 bridgehead atoms. The van der Waals surface area contributed by atoms with Crippen molar-refractivity contribution in [2.75, 3.05) is 39.4 Å². The molecule has 8 amide bonds. The Morgan fingerprint density at radius 1 is 0.472 bits per heavy atom. The van der Waals surface area contributed by atoms with Crippen LogP contribution in [0.2, 0.25) is 0 Å². The van der Waals surface area contributed by atoms with Gasteiger partial charge >= 0.3 is 11.9 Å². The lowest BCUT2D eigenvalue weighted by Gasteiger charge is -2.24. The molecule has 0 saturated heterocycles. The summed E-state index contributed by atoms with van der Waals surface area (Å²) in [5.74, 6) is -6.70. The number of ether oxygens (including phenoxy) is 2. The summed E-state index contributed by atoms with van der Waals surface area (Å²) < 4.78 is 10.2. The Bertz CT molecular complexity index is 2060. The highest BCUT2D eigenvalue weighted by Gasteiger charge is 2.30. The van der Waals surface area contributed by atoms with Gasteiger partial charge in [0.1, 0.15) is 37.3 Å². The van der Waals surface area contributed by atoms with Crippen LogP contribution < -0.4 is 48.3 Å². The number of amides is 8. The first-order valence-electron chi connectivity index (χ1n) is 24.8. The highest BCUT2D eigenvalue weighted by molar-refractivity contribution is 5.95. The number of unbranched alkanes of at least 4 members (excludes halogenated alkanes) is 2. The van der Waals surface area contributed by atoms with Crippen LogP contribution in [0.3, 0.4) is 0 Å². The van der Waals surface area contributed by atoms with Gasteiger partial charge in [-0.1, -0.05) is 115 Å². The van der Waals surface area contributed by atoms with Crippen molar-refractivity contribution in [2.45, 2.75) is 136 Å². The number of carbonyl (C=O) groups is 10. The Morgan fingerprint density at radius 2 is 0.861 bits per heavy atom. The minimum absolute atomic E-state index is 0.0320. The van der Waals surface area contributed by atoms with Gasteiger partial charge in [-0.05, 0) is 55.1 Å². The lowest BCUT2D eigenvalue weighted by molar-refractivity contribution is -0.144. The molecular formula is C51H77N9O12. The zero-order valence-electron chi connectivity index (χ0n) is 42.6. The average molecular weight is 1010 g/mol. The highest BCUT2D eigenvalue weighted by Crippen LogP contribution is 2.10. The molecule has 21 nitrogen and oxygen atoms in total. The van der Waals surface area contributed by atoms with Gasteiger partial charge in [0.25, 0.3) is 0 Å². The molecule has 0 saturated carbocycles. The smallest absolute Gasteiger partial charge is 0.325 e. The largest absolute Gasteiger partial charge is 0.464 e. The van der Waals surface area contributed by atoms with Crippen molar-refractivity contribution < 1.29 is 57.4 Å². The van der Waals surface area contributed by atoms with Crippen molar-refractivity contribution in [1.29, 1.82) is 0 Å². The third-order valence-electron chi connectivity index (χ3n) is 10.8. The summed E-state index contributed by atoms with van der Waals surface area (Å²) in [6, 6.07) is 12.0. The van der Waals surface area contributed by atoms with E-state index in [-0.39, 0.29) is 76.7 Å². The van der Waals surface area contributed by atoms with Crippen LogP contribution in [0, 0.1) is 11.8 Å². The number of nitrogens with one attached hydrogen (secondary N) is 8. The van der Waals surface area contributed by atoms with Crippen LogP contribution in [0.25, 0.3) is 0 Å². The first kappa shape index (κ1) is 61.2. The molecule has 0 radical (unpaired) electrons. The number of hydrogen-bond acceptors (Lipinski definition) is 13. The Morgan fingerprint density at radius 3 is 1.25 bits per heavy atom. The van der Waals surface area contributed by atoms with E-state index >= 15 is 0 Å². The molecule has 0 aliphatic heterocycles. The first-order valence-corrected chi connectivity index (χ1v) is 24.8. The minimum Gasteiger partial charge on any atom is -0.464 e. The molecule has 0 aliphatic rings. The molecule has 10 N–H and O–H groups in total. The number of nitrogens with two attached hydrogens (primary N) is 1. The van der Waals surface area contributed by atoms with Crippen LogP contribution >= 0.6 is 0 Å². The van der Waals surface area contributed by atoms with Crippen molar-refractivity contribution in [3.05, 3.63) is 71.8 Å². The predicted molar refractivity (Wildman–Crippen MR) is 268 cm³/mol. The Labute approximate surface area is 422 Å². The topological polar surface area (TPSA) is 311 Å². The van der Waals surface area contributed by atoms with Crippen molar-refractivity contribution in [3.63, 3.8) is 0 Å². The summed E-state index contributed by atoms with van der Waals surface area (Å²) in [6.07, 6.45) is 3.10. The zero-order valence-corrected chi connectivity index (χ0v) is 42.6. The molecule has 0 fully saturated rings. The maximum absolute atomic E-state index is 13.7. The van der Waals surface area contributed by atoms with Crippen molar-refractivity contribution in [3.8, 4) is 0 Å². The standard InChI is InChI=1S/C51H77N9O12/c1-7-9-23-71-45(64)31-55-48(67)38(25-33(3)4)59-50(69)40(27-35-17-13-11-14-18-35)57-43(62)29-53-42(61)22-21-37(52)47(66)54-30-44(63)58-41(28-36-19-15-12-16-20-36)51(70)60-39(26-34(5)6)49(68)56-32-46(65)72-24-10-8-2/h11-20,33-34,37-41H,7-10,21-32,52H2,1-6H3,(H,53,61)(H,54,66)(H,55,67)(H,56,68)(H,57,62)(H,58,63)(H,59,69)(H,60,70). The molecule has 0 spiro atoms. The number of carbonyl (C=O) groups excluding carboxylic acids is 10. The van der Waals surface area contributed by atoms with E-state index in [4.69, 9.17) is 15.2 Å². The monoisotopic (exact) mass is 1010 g/mol. The molecule has 2 aromatic rings. The van der Waals surface area contributed by atoms with Crippen molar-refractivity contribution in [2.24, 2.45) is 17.6 Å². The number of esters is 2. The second-order valence-electron chi connectivity index (χ2n) is 18.2. The van der Waals surface area contributed by atoms with Gasteiger partial charge in [0, 0.05) is 19.3 Å². The van der Waals surface area contributed by atoms with E-state index in [2.05, 4.69) is 42.5 Å². The molecule has 0 aliphatic carbocycles. The van der Waals surface area contributed by atoms with Crippen LogP contribution in [0.5, 0.6) is 0 Å². The molecule has 398 valence electrons. The van der Waals surface area contributed by atoms with Gasteiger partial charge < -0.3 is 57.7 Å². The van der Waals surface area contributed by atoms with Gasteiger partial charge in [0.05, 0.1) is 32.3 Å². The molecule has 21 heteroatoms. The summed E-state index contributed by atoms with van der Waals surface area (Å²) in [7, 11) is 0. The molecule has 2 rings (SSSR count). The Kier molecular flexibility index (Phi) is 29.3. The second kappa shape index (κ2) is 34.4. The van der Waals surface area contributed by atoms with Crippen LogP contribution in [0.4, 0.5) is 0 Å². The number of hydrogen-bond donors (Lipinski definition) is 9. The van der Waals surface area contributed by atoms with E-state index in [9.17, 15) is 47.9 Å². The van der Waals surface area contributed by atoms with E-state index in [1.807, 2.05) is 41.5 Å². The van der Waals surface area contributed by atoms with Gasteiger partial charge in [-0.2, -0.15) is 0 Å². The third-order valence-corrected chi connectivity index (χ3v) is 10.8. The summed E-state index contributed by atoms with van der Waals surface area (Å²) >= 11 is 0. The Balaban J connectivity index is 1.98. The fourth-order valence-electron chi connectivity index (χ4n) is 6.87. The van der Waals surface area contributed by atoms with E-state index in [0.29, 0.717) is 24.0 Å².